The number of hydrogen-bond acceptors (Lipinski definition) is 3. The number of unbranched alkanes of at least 4 members (excludes halogenated alkanes) is 1. The normalized spacial score (nSPS) is 20.9. The van der Waals surface area contributed by atoms with Crippen molar-refractivity contribution in [3.8, 4) is 0 Å². The van der Waals surface area contributed by atoms with Crippen molar-refractivity contribution in [3.63, 3.8) is 0 Å². The molecule has 0 aromatic rings. The second-order valence-corrected chi connectivity index (χ2v) is 4.13. The maximum atomic E-state index is 11.7. The van der Waals surface area contributed by atoms with Crippen LogP contribution < -0.4 is 0 Å². The first kappa shape index (κ1) is 12.5. The molecule has 0 aromatic carbocycles. The van der Waals surface area contributed by atoms with Crippen molar-refractivity contribution >= 4 is 5.91 Å². The van der Waals surface area contributed by atoms with E-state index in [4.69, 9.17) is 9.84 Å². The van der Waals surface area contributed by atoms with Gasteiger partial charge in [-0.05, 0) is 19.3 Å². The van der Waals surface area contributed by atoms with Gasteiger partial charge in [0.2, 0.25) is 5.91 Å². The summed E-state index contributed by atoms with van der Waals surface area (Å²) in [6, 6.07) is 0. The van der Waals surface area contributed by atoms with E-state index in [2.05, 4.69) is 0 Å². The largest absolute Gasteiger partial charge is 0.396 e. The van der Waals surface area contributed by atoms with Crippen LogP contribution in [0.25, 0.3) is 0 Å². The summed E-state index contributed by atoms with van der Waals surface area (Å²) in [5.74, 6) is 0.735. The Bertz CT molecular complexity index is 196. The number of aliphatic hydroxyl groups excluding tert-OH is 1. The number of likely N-dealkylation sites (tertiary alicyclic amines) is 1. The van der Waals surface area contributed by atoms with Gasteiger partial charge < -0.3 is 14.7 Å². The second-order valence-electron chi connectivity index (χ2n) is 4.13. The zero-order chi connectivity index (χ0) is 11.1. The number of nitrogens with zero attached hydrogens (tertiary/aromatic N) is 1. The van der Waals surface area contributed by atoms with Gasteiger partial charge in [-0.15, -0.1) is 0 Å². The van der Waals surface area contributed by atoms with Gasteiger partial charge in [0.1, 0.15) is 0 Å². The molecule has 1 heterocycles. The zero-order valence-corrected chi connectivity index (χ0v) is 9.45. The zero-order valence-electron chi connectivity index (χ0n) is 9.45. The van der Waals surface area contributed by atoms with Crippen LogP contribution in [0.4, 0.5) is 0 Å². The average Bonchev–Trinajstić information content (AvgIpc) is 2.67. The lowest BCUT2D eigenvalue weighted by Crippen LogP contribution is -2.29. The number of hydrogen-bond donors (Lipinski definition) is 1. The molecule has 88 valence electrons. The quantitative estimate of drug-likeness (QED) is 0.662. The molecular weight excluding hydrogens is 194 g/mol. The van der Waals surface area contributed by atoms with Crippen molar-refractivity contribution in [2.45, 2.75) is 25.7 Å². The molecule has 0 saturated carbocycles. The fraction of sp³-hybridized carbons (Fsp3) is 0.909. The summed E-state index contributed by atoms with van der Waals surface area (Å²) in [5, 5.41) is 8.62. The molecular formula is C11H21NO3. The molecule has 1 amide bonds. The highest BCUT2D eigenvalue weighted by molar-refractivity contribution is 5.76. The molecule has 4 nitrogen and oxygen atoms in total. The highest BCUT2D eigenvalue weighted by atomic mass is 16.5. The monoisotopic (exact) mass is 215 g/mol. The van der Waals surface area contributed by atoms with Gasteiger partial charge in [0.05, 0.1) is 6.61 Å². The van der Waals surface area contributed by atoms with Crippen molar-refractivity contribution < 1.29 is 14.6 Å². The molecule has 0 bridgehead atoms. The average molecular weight is 215 g/mol. The number of aliphatic hydroxyl groups is 1. The predicted octanol–water partition coefficient (Wildman–Crippen LogP) is 0.644. The van der Waals surface area contributed by atoms with E-state index in [1.54, 1.807) is 7.11 Å². The first-order valence-corrected chi connectivity index (χ1v) is 5.65. The van der Waals surface area contributed by atoms with E-state index in [1.807, 2.05) is 4.90 Å². The van der Waals surface area contributed by atoms with Crippen molar-refractivity contribution in [1.29, 1.82) is 0 Å². The summed E-state index contributed by atoms with van der Waals surface area (Å²) in [6.45, 7) is 2.64. The van der Waals surface area contributed by atoms with E-state index in [9.17, 15) is 4.79 Å². The van der Waals surface area contributed by atoms with Crippen molar-refractivity contribution in [3.05, 3.63) is 0 Å². The Morgan fingerprint density at radius 2 is 2.33 bits per heavy atom. The second kappa shape index (κ2) is 6.80. The van der Waals surface area contributed by atoms with Gasteiger partial charge in [0, 0.05) is 39.1 Å². The summed E-state index contributed by atoms with van der Waals surface area (Å²) in [7, 11) is 1.70. The lowest BCUT2D eigenvalue weighted by atomic mass is 10.1. The van der Waals surface area contributed by atoms with E-state index in [-0.39, 0.29) is 12.5 Å². The van der Waals surface area contributed by atoms with Crippen LogP contribution in [0.5, 0.6) is 0 Å². The van der Waals surface area contributed by atoms with Gasteiger partial charge in [0.15, 0.2) is 0 Å². The van der Waals surface area contributed by atoms with Gasteiger partial charge in [-0.2, -0.15) is 0 Å². The number of carbonyl (C=O) groups is 1. The molecule has 1 unspecified atom stereocenters. The maximum Gasteiger partial charge on any atom is 0.222 e. The van der Waals surface area contributed by atoms with Crippen molar-refractivity contribution in [1.82, 2.24) is 4.90 Å². The van der Waals surface area contributed by atoms with Crippen LogP contribution >= 0.6 is 0 Å². The lowest BCUT2D eigenvalue weighted by Gasteiger charge is -2.16. The first-order valence-electron chi connectivity index (χ1n) is 5.65. The Morgan fingerprint density at radius 3 is 3.00 bits per heavy atom. The minimum absolute atomic E-state index is 0.180. The van der Waals surface area contributed by atoms with Gasteiger partial charge in [0.25, 0.3) is 0 Å². The fourth-order valence-electron chi connectivity index (χ4n) is 1.98. The van der Waals surface area contributed by atoms with Crippen LogP contribution in [-0.4, -0.2) is 49.3 Å². The highest BCUT2D eigenvalue weighted by Gasteiger charge is 2.25. The van der Waals surface area contributed by atoms with Crippen molar-refractivity contribution in [2.24, 2.45) is 5.92 Å². The third-order valence-corrected chi connectivity index (χ3v) is 2.84. The molecule has 4 heteroatoms. The SMILES string of the molecule is COCC1CCN(C(=O)CCCCO)C1. The van der Waals surface area contributed by atoms with Gasteiger partial charge in [-0.1, -0.05) is 0 Å². The van der Waals surface area contributed by atoms with Gasteiger partial charge >= 0.3 is 0 Å². The standard InChI is InChI=1S/C11H21NO3/c1-15-9-10-5-6-12(8-10)11(14)4-2-3-7-13/h10,13H,2-9H2,1H3. The molecule has 1 atom stereocenters. The third kappa shape index (κ3) is 4.18. The Kier molecular flexibility index (Phi) is 5.65. The maximum absolute atomic E-state index is 11.7. The molecule has 1 fully saturated rings. The minimum Gasteiger partial charge on any atom is -0.396 e. The molecule has 1 aliphatic rings. The van der Waals surface area contributed by atoms with E-state index < -0.39 is 0 Å². The molecule has 1 rings (SSSR count). The van der Waals surface area contributed by atoms with Crippen molar-refractivity contribution in [2.75, 3.05) is 33.4 Å². The Labute approximate surface area is 91.2 Å². The summed E-state index contributed by atoms with van der Waals surface area (Å²) in [5.41, 5.74) is 0. The van der Waals surface area contributed by atoms with Crippen LogP contribution in [0.2, 0.25) is 0 Å². The molecule has 1 N–H and O–H groups in total. The smallest absolute Gasteiger partial charge is 0.222 e. The Balaban J connectivity index is 2.18. The third-order valence-electron chi connectivity index (χ3n) is 2.84. The van der Waals surface area contributed by atoms with Crippen LogP contribution in [0, 0.1) is 5.92 Å². The summed E-state index contributed by atoms with van der Waals surface area (Å²) in [6.07, 6.45) is 3.14. The fourth-order valence-corrected chi connectivity index (χ4v) is 1.98. The number of methoxy groups -OCH3 is 1. The molecule has 1 aliphatic heterocycles. The Morgan fingerprint density at radius 1 is 1.53 bits per heavy atom. The summed E-state index contributed by atoms with van der Waals surface area (Å²) in [4.78, 5) is 13.6. The molecule has 0 radical (unpaired) electrons. The van der Waals surface area contributed by atoms with E-state index in [0.717, 1.165) is 39.0 Å². The number of ether oxygens (including phenoxy) is 1. The first-order chi connectivity index (χ1) is 7.27. The molecule has 0 aromatic heterocycles. The number of carbonyl (C=O) groups excluding carboxylic acids is 1. The number of rotatable bonds is 6. The highest BCUT2D eigenvalue weighted by Crippen LogP contribution is 2.17. The topological polar surface area (TPSA) is 49.8 Å². The van der Waals surface area contributed by atoms with Crippen LogP contribution in [0.1, 0.15) is 25.7 Å². The molecule has 0 spiro atoms. The van der Waals surface area contributed by atoms with Crippen LogP contribution in [0.3, 0.4) is 0 Å². The summed E-state index contributed by atoms with van der Waals surface area (Å²) >= 11 is 0. The van der Waals surface area contributed by atoms with Crippen LogP contribution in [-0.2, 0) is 9.53 Å². The van der Waals surface area contributed by atoms with Crippen LogP contribution in [0.15, 0.2) is 0 Å². The minimum atomic E-state index is 0.180. The number of amides is 1. The molecule has 0 aliphatic carbocycles. The molecule has 1 saturated heterocycles. The van der Waals surface area contributed by atoms with Gasteiger partial charge in [-0.25, -0.2) is 0 Å². The van der Waals surface area contributed by atoms with E-state index in [1.165, 1.54) is 0 Å². The van der Waals surface area contributed by atoms with E-state index in [0.29, 0.717) is 12.3 Å². The van der Waals surface area contributed by atoms with E-state index >= 15 is 0 Å². The predicted molar refractivity (Wildman–Crippen MR) is 57.5 cm³/mol. The Hall–Kier alpha value is -0.610. The van der Waals surface area contributed by atoms with Gasteiger partial charge in [-0.3, -0.25) is 4.79 Å². The summed E-state index contributed by atoms with van der Waals surface area (Å²) < 4.78 is 5.08. The molecule has 15 heavy (non-hydrogen) atoms. The lowest BCUT2D eigenvalue weighted by molar-refractivity contribution is -0.130.